The van der Waals surface area contributed by atoms with Crippen LogP contribution in [0.5, 0.6) is 11.5 Å². The maximum absolute atomic E-state index is 13.7. The second-order valence-electron chi connectivity index (χ2n) is 8.95. The lowest BCUT2D eigenvalue weighted by atomic mass is 9.98. The van der Waals surface area contributed by atoms with E-state index in [0.717, 1.165) is 44.8 Å². The van der Waals surface area contributed by atoms with E-state index in [1.807, 2.05) is 38.1 Å². The number of nitrogens with zero attached hydrogens (tertiary/aromatic N) is 2. The van der Waals surface area contributed by atoms with Crippen LogP contribution in [0, 0.1) is 0 Å². The molecule has 190 valence electrons. The lowest BCUT2D eigenvalue weighted by Gasteiger charge is -2.29. The molecule has 1 saturated heterocycles. The Kier molecular flexibility index (Phi) is 7.25. The van der Waals surface area contributed by atoms with E-state index in [0.29, 0.717) is 47.8 Å². The van der Waals surface area contributed by atoms with Crippen LogP contribution in [0.2, 0.25) is 0 Å². The third-order valence-corrected chi connectivity index (χ3v) is 6.73. The molecule has 2 aliphatic rings. The number of benzene rings is 2. The molecule has 1 fully saturated rings. The summed E-state index contributed by atoms with van der Waals surface area (Å²) in [5, 5.41) is 0.472. The highest BCUT2D eigenvalue weighted by Gasteiger charge is 2.42. The van der Waals surface area contributed by atoms with Crippen molar-refractivity contribution in [2.75, 3.05) is 52.6 Å². The highest BCUT2D eigenvalue weighted by molar-refractivity contribution is 5.99. The summed E-state index contributed by atoms with van der Waals surface area (Å²) in [7, 11) is 0. The number of para-hydroxylation sites is 1. The second-order valence-corrected chi connectivity index (χ2v) is 8.95. The number of rotatable bonds is 9. The molecule has 2 aliphatic heterocycles. The van der Waals surface area contributed by atoms with E-state index in [4.69, 9.17) is 18.6 Å². The van der Waals surface area contributed by atoms with E-state index in [9.17, 15) is 9.59 Å². The zero-order valence-corrected chi connectivity index (χ0v) is 20.8. The Morgan fingerprint density at radius 1 is 0.944 bits per heavy atom. The first-order valence-electron chi connectivity index (χ1n) is 12.7. The summed E-state index contributed by atoms with van der Waals surface area (Å²) in [6.45, 7) is 9.40. The molecule has 8 heteroatoms. The first-order valence-corrected chi connectivity index (χ1v) is 12.7. The van der Waals surface area contributed by atoms with Crippen molar-refractivity contribution in [3.8, 4) is 11.5 Å². The maximum atomic E-state index is 13.7. The van der Waals surface area contributed by atoms with Crippen LogP contribution in [0.25, 0.3) is 11.0 Å². The quantitative estimate of drug-likeness (QED) is 0.449. The molecule has 1 amide bonds. The summed E-state index contributed by atoms with van der Waals surface area (Å²) in [6.07, 6.45) is 0.777. The molecule has 0 aliphatic carbocycles. The third kappa shape index (κ3) is 4.58. The SMILES string of the molecule is CCOc1ccc([C@H]2c3c(oc4ccccc4c3=O)C(=O)N2CCCN2CCOCC2)cc1OCC. The normalized spacial score (nSPS) is 18.0. The average Bonchev–Trinajstić information content (AvgIpc) is 3.18. The molecule has 0 radical (unpaired) electrons. The largest absolute Gasteiger partial charge is 0.490 e. The van der Waals surface area contributed by atoms with Gasteiger partial charge in [0.2, 0.25) is 5.76 Å². The van der Waals surface area contributed by atoms with E-state index in [-0.39, 0.29) is 17.1 Å². The van der Waals surface area contributed by atoms with E-state index in [1.54, 1.807) is 23.1 Å². The Balaban J connectivity index is 1.55. The van der Waals surface area contributed by atoms with Crippen LogP contribution in [0.4, 0.5) is 0 Å². The smallest absolute Gasteiger partial charge is 0.290 e. The lowest BCUT2D eigenvalue weighted by molar-refractivity contribution is 0.0353. The Hall–Kier alpha value is -3.36. The van der Waals surface area contributed by atoms with Crippen molar-refractivity contribution in [3.05, 3.63) is 69.6 Å². The van der Waals surface area contributed by atoms with Gasteiger partial charge in [-0.05, 0) is 50.1 Å². The molecule has 0 N–H and O–H groups in total. The number of carbonyl (C=O) groups is 1. The van der Waals surface area contributed by atoms with Gasteiger partial charge in [0.15, 0.2) is 16.9 Å². The zero-order chi connectivity index (χ0) is 25.1. The van der Waals surface area contributed by atoms with Gasteiger partial charge in [0.25, 0.3) is 5.91 Å². The second kappa shape index (κ2) is 10.7. The molecule has 0 unspecified atom stereocenters. The number of morpholine rings is 1. The van der Waals surface area contributed by atoms with Crippen LogP contribution in [-0.2, 0) is 4.74 Å². The minimum Gasteiger partial charge on any atom is -0.490 e. The fourth-order valence-corrected chi connectivity index (χ4v) is 5.07. The Labute approximate surface area is 210 Å². The van der Waals surface area contributed by atoms with Crippen LogP contribution in [0.1, 0.15) is 48.0 Å². The summed E-state index contributed by atoms with van der Waals surface area (Å²) >= 11 is 0. The number of hydrogen-bond acceptors (Lipinski definition) is 7. The molecule has 2 aromatic carbocycles. The molecular formula is C28H32N2O6. The van der Waals surface area contributed by atoms with Gasteiger partial charge >= 0.3 is 0 Å². The van der Waals surface area contributed by atoms with Crippen LogP contribution in [0.3, 0.4) is 0 Å². The van der Waals surface area contributed by atoms with Crippen molar-refractivity contribution >= 4 is 16.9 Å². The Morgan fingerprint density at radius 2 is 1.69 bits per heavy atom. The van der Waals surface area contributed by atoms with Crippen LogP contribution in [0.15, 0.2) is 51.7 Å². The van der Waals surface area contributed by atoms with Crippen LogP contribution in [-0.4, -0.2) is 68.3 Å². The van der Waals surface area contributed by atoms with Crippen molar-refractivity contribution < 1.29 is 23.4 Å². The molecule has 3 heterocycles. The molecule has 0 saturated carbocycles. The van der Waals surface area contributed by atoms with E-state index >= 15 is 0 Å². The lowest BCUT2D eigenvalue weighted by Crippen LogP contribution is -2.38. The van der Waals surface area contributed by atoms with Gasteiger partial charge in [-0.2, -0.15) is 0 Å². The topological polar surface area (TPSA) is 81.5 Å². The molecular weight excluding hydrogens is 460 g/mol. The number of fused-ring (bicyclic) bond motifs is 2. The van der Waals surface area contributed by atoms with E-state index < -0.39 is 6.04 Å². The average molecular weight is 493 g/mol. The Morgan fingerprint density at radius 3 is 2.47 bits per heavy atom. The van der Waals surface area contributed by atoms with Gasteiger partial charge in [-0.1, -0.05) is 18.2 Å². The molecule has 1 aromatic heterocycles. The van der Waals surface area contributed by atoms with Gasteiger partial charge in [-0.25, -0.2) is 0 Å². The van der Waals surface area contributed by atoms with Crippen LogP contribution >= 0.6 is 0 Å². The van der Waals surface area contributed by atoms with Gasteiger partial charge in [0.05, 0.1) is 43.4 Å². The van der Waals surface area contributed by atoms with Gasteiger partial charge in [0.1, 0.15) is 5.58 Å². The molecule has 8 nitrogen and oxygen atoms in total. The first kappa shape index (κ1) is 24.3. The van der Waals surface area contributed by atoms with Crippen molar-refractivity contribution in [2.24, 2.45) is 0 Å². The fourth-order valence-electron chi connectivity index (χ4n) is 5.07. The number of amides is 1. The third-order valence-electron chi connectivity index (χ3n) is 6.73. The molecule has 0 bridgehead atoms. The zero-order valence-electron chi connectivity index (χ0n) is 20.8. The van der Waals surface area contributed by atoms with E-state index in [2.05, 4.69) is 4.90 Å². The van der Waals surface area contributed by atoms with Crippen molar-refractivity contribution in [1.82, 2.24) is 9.80 Å². The number of ether oxygens (including phenoxy) is 3. The predicted molar refractivity (Wildman–Crippen MR) is 136 cm³/mol. The minimum absolute atomic E-state index is 0.127. The molecule has 5 rings (SSSR count). The first-order chi connectivity index (χ1) is 17.6. The Bertz CT molecular complexity index is 1300. The predicted octanol–water partition coefficient (Wildman–Crippen LogP) is 3.86. The minimum atomic E-state index is -0.562. The molecule has 36 heavy (non-hydrogen) atoms. The molecule has 3 aromatic rings. The van der Waals surface area contributed by atoms with Gasteiger partial charge in [-0.15, -0.1) is 0 Å². The van der Waals surface area contributed by atoms with Crippen LogP contribution < -0.4 is 14.9 Å². The van der Waals surface area contributed by atoms with Gasteiger partial charge in [-0.3, -0.25) is 14.5 Å². The summed E-state index contributed by atoms with van der Waals surface area (Å²) < 4.78 is 23.1. The fraction of sp³-hybridized carbons (Fsp3) is 0.429. The summed E-state index contributed by atoms with van der Waals surface area (Å²) in [5.41, 5.74) is 1.43. The number of hydrogen-bond donors (Lipinski definition) is 0. The van der Waals surface area contributed by atoms with Crippen molar-refractivity contribution in [3.63, 3.8) is 0 Å². The molecule has 1 atom stereocenters. The maximum Gasteiger partial charge on any atom is 0.290 e. The van der Waals surface area contributed by atoms with Gasteiger partial charge < -0.3 is 23.5 Å². The number of carbonyl (C=O) groups excluding carboxylic acids is 1. The summed E-state index contributed by atoms with van der Waals surface area (Å²) in [4.78, 5) is 31.4. The van der Waals surface area contributed by atoms with E-state index in [1.165, 1.54) is 0 Å². The standard InChI is InChI=1S/C28H32N2O6/c1-3-34-22-11-10-19(18-23(22)35-4-2)25-24-26(31)20-8-5-6-9-21(20)36-27(24)28(32)30(25)13-7-12-29-14-16-33-17-15-29/h5-6,8-11,18,25H,3-4,7,12-17H2,1-2H3/t25-/m0/s1. The van der Waals surface area contributed by atoms with Gasteiger partial charge in [0, 0.05) is 26.2 Å². The summed E-state index contributed by atoms with van der Waals surface area (Å²) in [6, 6.07) is 12.2. The highest BCUT2D eigenvalue weighted by Crippen LogP contribution is 2.41. The highest BCUT2D eigenvalue weighted by atomic mass is 16.5. The summed E-state index contributed by atoms with van der Waals surface area (Å²) in [5.74, 6) is 1.10. The monoisotopic (exact) mass is 492 g/mol. The van der Waals surface area contributed by atoms with Crippen molar-refractivity contribution in [1.29, 1.82) is 0 Å². The van der Waals surface area contributed by atoms with Crippen molar-refractivity contribution in [2.45, 2.75) is 26.3 Å². The molecule has 0 spiro atoms.